The quantitative estimate of drug-likeness (QED) is 0.706. The average molecular weight is 460 g/mol. The Bertz CT molecular complexity index is 1060. The number of rotatable bonds is 5. The molecule has 0 radical (unpaired) electrons. The molecule has 176 valence electrons. The Morgan fingerprint density at radius 2 is 1.85 bits per heavy atom. The van der Waals surface area contributed by atoms with Crippen LogP contribution in [0.15, 0.2) is 47.5 Å². The summed E-state index contributed by atoms with van der Waals surface area (Å²) >= 11 is 0. The van der Waals surface area contributed by atoms with E-state index in [1.807, 2.05) is 24.3 Å². The normalized spacial score (nSPS) is 24.1. The molecule has 0 aromatic heterocycles. The van der Waals surface area contributed by atoms with Gasteiger partial charge in [0.15, 0.2) is 5.66 Å². The number of fused-ring (bicyclic) bond motifs is 1. The highest BCUT2D eigenvalue weighted by atomic mass is 19.4. The zero-order chi connectivity index (χ0) is 23.2. The van der Waals surface area contributed by atoms with E-state index in [-0.39, 0.29) is 0 Å². The number of piperazine rings is 1. The van der Waals surface area contributed by atoms with Crippen LogP contribution in [-0.2, 0) is 12.7 Å². The standard InChI is InChI=1S/C24H28F3N5O/c1-33-21-9-8-18(24(25,26)27)14-16(21)15-31-10-12-32(13-11-31)23(17-6-7-17)22(28)29-19-4-2-3-5-20(19)30-23/h2-5,8-9,14,17,30H,6-7,10-13,15H2,1H3,(H2,28,29). The van der Waals surface area contributed by atoms with Crippen LogP contribution in [0.3, 0.4) is 0 Å². The van der Waals surface area contributed by atoms with Crippen molar-refractivity contribution in [3.05, 3.63) is 53.6 Å². The first-order valence-corrected chi connectivity index (χ1v) is 11.2. The van der Waals surface area contributed by atoms with E-state index in [0.717, 1.165) is 43.4 Å². The molecule has 3 aliphatic rings. The molecule has 1 atom stereocenters. The molecule has 6 nitrogen and oxygen atoms in total. The highest BCUT2D eigenvalue weighted by molar-refractivity contribution is 5.99. The lowest BCUT2D eigenvalue weighted by Gasteiger charge is -2.50. The van der Waals surface area contributed by atoms with E-state index >= 15 is 0 Å². The minimum Gasteiger partial charge on any atom is -0.496 e. The molecular weight excluding hydrogens is 431 g/mol. The number of nitrogens with two attached hydrogens (primary N) is 1. The third kappa shape index (κ3) is 4.04. The zero-order valence-corrected chi connectivity index (χ0v) is 18.5. The Labute approximate surface area is 191 Å². The van der Waals surface area contributed by atoms with Crippen LogP contribution in [0, 0.1) is 5.92 Å². The molecule has 2 fully saturated rings. The molecule has 1 saturated carbocycles. The summed E-state index contributed by atoms with van der Waals surface area (Å²) in [5.41, 5.74) is 7.78. The number of para-hydroxylation sites is 2. The molecular formula is C24H28F3N5O. The fourth-order valence-corrected chi connectivity index (χ4v) is 5.05. The molecule has 0 amide bonds. The lowest BCUT2D eigenvalue weighted by molar-refractivity contribution is -0.137. The van der Waals surface area contributed by atoms with Gasteiger partial charge >= 0.3 is 6.18 Å². The summed E-state index contributed by atoms with van der Waals surface area (Å²) in [7, 11) is 1.48. The lowest BCUT2D eigenvalue weighted by Crippen LogP contribution is -2.68. The van der Waals surface area contributed by atoms with Crippen molar-refractivity contribution < 1.29 is 17.9 Å². The van der Waals surface area contributed by atoms with Crippen LogP contribution in [0.4, 0.5) is 24.5 Å². The molecule has 2 aromatic rings. The monoisotopic (exact) mass is 459 g/mol. The van der Waals surface area contributed by atoms with Gasteiger partial charge in [-0.25, -0.2) is 4.99 Å². The molecule has 3 N–H and O–H groups in total. The molecule has 2 heterocycles. The molecule has 5 rings (SSSR count). The van der Waals surface area contributed by atoms with E-state index in [1.54, 1.807) is 0 Å². The highest BCUT2D eigenvalue weighted by Crippen LogP contribution is 2.47. The first-order valence-electron chi connectivity index (χ1n) is 11.2. The zero-order valence-electron chi connectivity index (χ0n) is 18.5. The summed E-state index contributed by atoms with van der Waals surface area (Å²) in [6, 6.07) is 11.6. The number of hydrogen-bond acceptors (Lipinski definition) is 6. The molecule has 1 aliphatic carbocycles. The number of benzene rings is 2. The molecule has 2 aliphatic heterocycles. The van der Waals surface area contributed by atoms with Gasteiger partial charge < -0.3 is 15.8 Å². The number of methoxy groups -OCH3 is 1. The summed E-state index contributed by atoms with van der Waals surface area (Å²) in [6.45, 7) is 3.30. The predicted octanol–water partition coefficient (Wildman–Crippen LogP) is 4.05. The summed E-state index contributed by atoms with van der Waals surface area (Å²) in [5.74, 6) is 1.46. The number of nitrogens with zero attached hydrogens (tertiary/aromatic N) is 3. The summed E-state index contributed by atoms with van der Waals surface area (Å²) < 4.78 is 45.0. The second kappa shape index (κ2) is 8.22. The Morgan fingerprint density at radius 1 is 1.12 bits per heavy atom. The largest absolute Gasteiger partial charge is 0.496 e. The Morgan fingerprint density at radius 3 is 2.52 bits per heavy atom. The van der Waals surface area contributed by atoms with Crippen molar-refractivity contribution in [3.8, 4) is 5.75 Å². The van der Waals surface area contributed by atoms with Gasteiger partial charge in [-0.3, -0.25) is 9.80 Å². The molecule has 1 unspecified atom stereocenters. The number of aliphatic imine (C=N–C) groups is 1. The maximum Gasteiger partial charge on any atom is 0.416 e. The van der Waals surface area contributed by atoms with Gasteiger partial charge in [0.05, 0.1) is 24.0 Å². The van der Waals surface area contributed by atoms with E-state index < -0.39 is 17.4 Å². The van der Waals surface area contributed by atoms with Crippen molar-refractivity contribution >= 4 is 17.2 Å². The summed E-state index contributed by atoms with van der Waals surface area (Å²) in [4.78, 5) is 9.26. The van der Waals surface area contributed by atoms with Crippen molar-refractivity contribution in [1.29, 1.82) is 0 Å². The second-order valence-corrected chi connectivity index (χ2v) is 8.97. The van der Waals surface area contributed by atoms with Crippen LogP contribution in [0.1, 0.15) is 24.0 Å². The number of ether oxygens (including phenoxy) is 1. The van der Waals surface area contributed by atoms with Crippen molar-refractivity contribution in [1.82, 2.24) is 9.80 Å². The van der Waals surface area contributed by atoms with Crippen molar-refractivity contribution in [2.24, 2.45) is 16.6 Å². The van der Waals surface area contributed by atoms with Gasteiger partial charge in [-0.1, -0.05) is 12.1 Å². The molecule has 0 spiro atoms. The maximum atomic E-state index is 13.2. The fraction of sp³-hybridized carbons (Fsp3) is 0.458. The maximum absolute atomic E-state index is 13.2. The van der Waals surface area contributed by atoms with Gasteiger partial charge in [0.2, 0.25) is 0 Å². The first-order chi connectivity index (χ1) is 15.8. The molecule has 9 heteroatoms. The van der Waals surface area contributed by atoms with Gasteiger partial charge in [0, 0.05) is 44.2 Å². The molecule has 0 bridgehead atoms. The first kappa shape index (κ1) is 22.0. The number of anilines is 1. The van der Waals surface area contributed by atoms with Crippen LogP contribution in [0.5, 0.6) is 5.75 Å². The number of alkyl halides is 3. The number of amidine groups is 1. The average Bonchev–Trinajstić information content (AvgIpc) is 3.64. The molecule has 33 heavy (non-hydrogen) atoms. The van der Waals surface area contributed by atoms with Gasteiger partial charge in [-0.15, -0.1) is 0 Å². The van der Waals surface area contributed by atoms with Gasteiger partial charge in [-0.05, 0) is 43.2 Å². The third-order valence-electron chi connectivity index (χ3n) is 6.90. The second-order valence-electron chi connectivity index (χ2n) is 8.97. The summed E-state index contributed by atoms with van der Waals surface area (Å²) in [5, 5.41) is 3.71. The number of nitrogens with one attached hydrogen (secondary N) is 1. The number of halogens is 3. The minimum absolute atomic E-state index is 0.393. The van der Waals surface area contributed by atoms with Crippen LogP contribution in [-0.4, -0.2) is 54.6 Å². The smallest absolute Gasteiger partial charge is 0.416 e. The highest BCUT2D eigenvalue weighted by Gasteiger charge is 2.54. The Balaban J connectivity index is 1.32. The van der Waals surface area contributed by atoms with Crippen LogP contribution < -0.4 is 15.8 Å². The van der Waals surface area contributed by atoms with Crippen LogP contribution >= 0.6 is 0 Å². The van der Waals surface area contributed by atoms with Crippen molar-refractivity contribution in [3.63, 3.8) is 0 Å². The Kier molecular flexibility index (Phi) is 5.49. The van der Waals surface area contributed by atoms with Gasteiger partial charge in [0.25, 0.3) is 0 Å². The summed E-state index contributed by atoms with van der Waals surface area (Å²) in [6.07, 6.45) is -2.20. The molecule has 1 saturated heterocycles. The minimum atomic E-state index is -4.38. The van der Waals surface area contributed by atoms with E-state index in [4.69, 9.17) is 15.5 Å². The van der Waals surface area contributed by atoms with E-state index in [2.05, 4.69) is 15.1 Å². The van der Waals surface area contributed by atoms with E-state index in [0.29, 0.717) is 42.7 Å². The third-order valence-corrected chi connectivity index (χ3v) is 6.90. The SMILES string of the molecule is COc1ccc(C(F)(F)F)cc1CN1CCN(C2(C3CC3)Nc3ccccc3N=C2N)CC1. The topological polar surface area (TPSA) is 66.1 Å². The van der Waals surface area contributed by atoms with Crippen molar-refractivity contribution in [2.75, 3.05) is 38.6 Å². The van der Waals surface area contributed by atoms with E-state index in [9.17, 15) is 13.2 Å². The van der Waals surface area contributed by atoms with Gasteiger partial charge in [0.1, 0.15) is 11.6 Å². The number of hydrogen-bond donors (Lipinski definition) is 2. The lowest BCUT2D eigenvalue weighted by atomic mass is 9.96. The van der Waals surface area contributed by atoms with Crippen molar-refractivity contribution in [2.45, 2.75) is 31.2 Å². The van der Waals surface area contributed by atoms with Crippen LogP contribution in [0.25, 0.3) is 0 Å². The Hall–Kier alpha value is -2.78. The predicted molar refractivity (Wildman–Crippen MR) is 122 cm³/mol. The molecule has 2 aromatic carbocycles. The van der Waals surface area contributed by atoms with Gasteiger partial charge in [-0.2, -0.15) is 13.2 Å². The van der Waals surface area contributed by atoms with Crippen LogP contribution in [0.2, 0.25) is 0 Å². The fourth-order valence-electron chi connectivity index (χ4n) is 5.05. The van der Waals surface area contributed by atoms with E-state index in [1.165, 1.54) is 19.2 Å².